The number of rotatable bonds is 6. The van der Waals surface area contributed by atoms with E-state index in [2.05, 4.69) is 19.8 Å². The van der Waals surface area contributed by atoms with Crippen LogP contribution in [0.3, 0.4) is 0 Å². The Kier molecular flexibility index (Phi) is 5.43. The normalized spacial score (nSPS) is 27.6. The standard InChI is InChI=1S/C13H24N6O5S/c14-12(16-5-7-17-6-1-4-15-9-17)11-3-2-10-8-18(11)13(20)19(10)24-25(21,22)23/h10-11,15H,1-9H2,(H2,14,16)(H,21,22,23)/t10-,11+/m1/s1. The van der Waals surface area contributed by atoms with Crippen LogP contribution in [0.5, 0.6) is 0 Å². The Labute approximate surface area is 146 Å². The van der Waals surface area contributed by atoms with Crippen LogP contribution in [-0.2, 0) is 14.7 Å². The van der Waals surface area contributed by atoms with Crippen molar-refractivity contribution in [2.45, 2.75) is 31.3 Å². The molecule has 0 aromatic rings. The van der Waals surface area contributed by atoms with E-state index in [0.29, 0.717) is 24.4 Å². The van der Waals surface area contributed by atoms with Gasteiger partial charge in [-0.3, -0.25) is 14.9 Å². The van der Waals surface area contributed by atoms with E-state index in [1.807, 2.05) is 0 Å². The largest absolute Gasteiger partial charge is 0.418 e. The van der Waals surface area contributed by atoms with Gasteiger partial charge in [-0.05, 0) is 25.8 Å². The summed E-state index contributed by atoms with van der Waals surface area (Å²) < 4.78 is 35.0. The first-order valence-corrected chi connectivity index (χ1v) is 9.74. The number of carbonyl (C=O) groups excluding carboxylic acids is 1. The molecule has 12 heteroatoms. The number of carbonyl (C=O) groups is 1. The average molecular weight is 376 g/mol. The zero-order valence-corrected chi connectivity index (χ0v) is 14.7. The van der Waals surface area contributed by atoms with Crippen LogP contribution >= 0.6 is 0 Å². The van der Waals surface area contributed by atoms with Gasteiger partial charge in [0.15, 0.2) is 0 Å². The molecule has 11 nitrogen and oxygen atoms in total. The van der Waals surface area contributed by atoms with Crippen LogP contribution < -0.4 is 10.6 Å². The van der Waals surface area contributed by atoms with Gasteiger partial charge in [-0.25, -0.2) is 4.79 Å². The highest BCUT2D eigenvalue weighted by Crippen LogP contribution is 2.30. The fraction of sp³-hybridized carbons (Fsp3) is 0.846. The molecule has 2 atom stereocenters. The summed E-state index contributed by atoms with van der Waals surface area (Å²) in [7, 11) is -4.75. The number of fused-ring (bicyclic) bond motifs is 2. The first kappa shape index (κ1) is 18.3. The Hall–Kier alpha value is -1.47. The van der Waals surface area contributed by atoms with Crippen molar-refractivity contribution in [3.05, 3.63) is 0 Å². The number of amides is 2. The molecule has 0 saturated carbocycles. The van der Waals surface area contributed by atoms with E-state index in [0.717, 1.165) is 32.7 Å². The molecule has 4 N–H and O–H groups in total. The highest BCUT2D eigenvalue weighted by Gasteiger charge is 2.48. The Morgan fingerprint density at radius 1 is 1.44 bits per heavy atom. The van der Waals surface area contributed by atoms with Gasteiger partial charge in [-0.2, -0.15) is 13.5 Å². The summed E-state index contributed by atoms with van der Waals surface area (Å²) in [6, 6.07) is -1.51. The van der Waals surface area contributed by atoms with Crippen molar-refractivity contribution in [3.8, 4) is 0 Å². The van der Waals surface area contributed by atoms with E-state index >= 15 is 0 Å². The summed E-state index contributed by atoms with van der Waals surface area (Å²) >= 11 is 0. The predicted octanol–water partition coefficient (Wildman–Crippen LogP) is -1.19. The Morgan fingerprint density at radius 3 is 2.92 bits per heavy atom. The molecule has 3 fully saturated rings. The Balaban J connectivity index is 1.51. The van der Waals surface area contributed by atoms with E-state index < -0.39 is 28.5 Å². The first-order chi connectivity index (χ1) is 11.8. The highest BCUT2D eigenvalue weighted by molar-refractivity contribution is 7.80. The van der Waals surface area contributed by atoms with E-state index in [-0.39, 0.29) is 12.4 Å². The molecule has 0 aromatic heterocycles. The van der Waals surface area contributed by atoms with Crippen molar-refractivity contribution in [1.82, 2.24) is 25.5 Å². The highest BCUT2D eigenvalue weighted by atomic mass is 32.3. The van der Waals surface area contributed by atoms with Gasteiger partial charge in [-0.15, -0.1) is 4.28 Å². The van der Waals surface area contributed by atoms with Crippen LogP contribution in [0.1, 0.15) is 19.3 Å². The molecule has 3 rings (SSSR count). The zero-order chi connectivity index (χ0) is 18.0. The third-order valence-electron chi connectivity index (χ3n) is 4.74. The molecule has 0 aliphatic carbocycles. The van der Waals surface area contributed by atoms with Crippen LogP contribution in [0.15, 0.2) is 0 Å². The summed E-state index contributed by atoms with van der Waals surface area (Å²) in [5, 5.41) is 15.3. The summed E-state index contributed by atoms with van der Waals surface area (Å²) in [6.45, 7) is 4.58. The molecule has 3 saturated heterocycles. The maximum Gasteiger partial charge on any atom is 0.418 e. The lowest BCUT2D eigenvalue weighted by Crippen LogP contribution is -2.51. The molecular weight excluding hydrogens is 352 g/mol. The molecule has 3 aliphatic rings. The molecule has 142 valence electrons. The summed E-state index contributed by atoms with van der Waals surface area (Å²) in [5.74, 6) is 0.241. The average Bonchev–Trinajstić information content (AvgIpc) is 2.79. The van der Waals surface area contributed by atoms with E-state index in [4.69, 9.17) is 9.96 Å². The zero-order valence-electron chi connectivity index (χ0n) is 13.8. The van der Waals surface area contributed by atoms with Gasteiger partial charge in [0.2, 0.25) is 0 Å². The number of amidine groups is 1. The second-order valence-electron chi connectivity index (χ2n) is 6.48. The van der Waals surface area contributed by atoms with Gasteiger partial charge in [0, 0.05) is 32.8 Å². The van der Waals surface area contributed by atoms with Crippen LogP contribution in [-0.4, -0.2) is 91.2 Å². The van der Waals surface area contributed by atoms with Gasteiger partial charge in [0.25, 0.3) is 0 Å². The van der Waals surface area contributed by atoms with E-state index in [9.17, 15) is 13.2 Å². The molecule has 3 heterocycles. The number of urea groups is 1. The number of hydroxylamine groups is 2. The number of nitrogens with zero attached hydrogens (tertiary/aromatic N) is 3. The molecule has 0 spiro atoms. The summed E-state index contributed by atoms with van der Waals surface area (Å²) in [5.41, 5.74) is 0. The number of nitrogens with one attached hydrogen (secondary N) is 3. The fourth-order valence-corrected chi connectivity index (χ4v) is 3.92. The fourth-order valence-electron chi connectivity index (χ4n) is 3.53. The summed E-state index contributed by atoms with van der Waals surface area (Å²) in [4.78, 5) is 16.0. The molecule has 0 unspecified atom stereocenters. The molecule has 0 radical (unpaired) electrons. The minimum Gasteiger partial charge on any atom is -0.371 e. The predicted molar refractivity (Wildman–Crippen MR) is 88.2 cm³/mol. The maximum atomic E-state index is 12.3. The number of hydrogen-bond acceptors (Lipinski definition) is 7. The van der Waals surface area contributed by atoms with Crippen LogP contribution in [0.4, 0.5) is 4.79 Å². The van der Waals surface area contributed by atoms with E-state index in [1.54, 1.807) is 0 Å². The minimum absolute atomic E-state index is 0.241. The minimum atomic E-state index is -4.75. The lowest BCUT2D eigenvalue weighted by molar-refractivity contribution is -0.0316. The van der Waals surface area contributed by atoms with Gasteiger partial charge in [0.1, 0.15) is 5.84 Å². The third kappa shape index (κ3) is 4.39. The van der Waals surface area contributed by atoms with Crippen molar-refractivity contribution >= 4 is 22.3 Å². The number of hydrogen-bond donors (Lipinski definition) is 4. The molecule has 25 heavy (non-hydrogen) atoms. The van der Waals surface area contributed by atoms with Gasteiger partial charge < -0.3 is 15.5 Å². The second kappa shape index (κ2) is 7.41. The monoisotopic (exact) mass is 376 g/mol. The quantitative estimate of drug-likeness (QED) is 0.258. The molecule has 2 bridgehead atoms. The lowest BCUT2D eigenvalue weighted by atomic mass is 10.00. The van der Waals surface area contributed by atoms with Crippen molar-refractivity contribution in [2.24, 2.45) is 0 Å². The van der Waals surface area contributed by atoms with E-state index in [1.165, 1.54) is 4.90 Å². The Bertz CT molecular complexity index is 622. The SMILES string of the molecule is N=C(NCCN1CCCNC1)[C@@H]1CC[C@@H]2CN1C(=O)N2OS(=O)(=O)O. The molecule has 3 aliphatic heterocycles. The van der Waals surface area contributed by atoms with Gasteiger partial charge in [0.05, 0.1) is 12.1 Å². The van der Waals surface area contributed by atoms with Crippen molar-refractivity contribution < 1.29 is 22.0 Å². The maximum absolute atomic E-state index is 12.3. The van der Waals surface area contributed by atoms with Crippen LogP contribution in [0.2, 0.25) is 0 Å². The van der Waals surface area contributed by atoms with Crippen molar-refractivity contribution in [2.75, 3.05) is 39.4 Å². The number of piperidine rings is 1. The first-order valence-electron chi connectivity index (χ1n) is 8.37. The van der Waals surface area contributed by atoms with Crippen LogP contribution in [0.25, 0.3) is 0 Å². The molecular formula is C13H24N6O5S. The van der Waals surface area contributed by atoms with Crippen molar-refractivity contribution in [3.63, 3.8) is 0 Å². The molecule has 2 amide bonds. The van der Waals surface area contributed by atoms with Gasteiger partial charge in [-0.1, -0.05) is 0 Å². The van der Waals surface area contributed by atoms with Crippen molar-refractivity contribution in [1.29, 1.82) is 5.41 Å². The summed E-state index contributed by atoms with van der Waals surface area (Å²) in [6.07, 6.45) is 2.15. The van der Waals surface area contributed by atoms with Crippen LogP contribution in [0, 0.1) is 5.41 Å². The second-order valence-corrected chi connectivity index (χ2v) is 7.48. The topological polar surface area (TPSA) is 138 Å². The Morgan fingerprint density at radius 2 is 2.24 bits per heavy atom. The smallest absolute Gasteiger partial charge is 0.371 e. The van der Waals surface area contributed by atoms with Gasteiger partial charge >= 0.3 is 16.4 Å². The third-order valence-corrected chi connectivity index (χ3v) is 5.09. The molecule has 0 aromatic carbocycles. The lowest BCUT2D eigenvalue weighted by Gasteiger charge is -2.32.